The predicted molar refractivity (Wildman–Crippen MR) is 85.7 cm³/mol. The number of benzene rings is 1. The number of nitrogens with two attached hydrogens (primary N) is 1. The molecule has 0 fully saturated rings. The van der Waals surface area contributed by atoms with Gasteiger partial charge in [-0.3, -0.25) is 4.68 Å². The maximum atomic E-state index is 6.39. The molecule has 1 atom stereocenters. The Morgan fingerprint density at radius 3 is 2.67 bits per heavy atom. The van der Waals surface area contributed by atoms with Crippen molar-refractivity contribution in [2.45, 2.75) is 46.4 Å². The quantitative estimate of drug-likeness (QED) is 0.885. The first-order valence-electron chi connectivity index (χ1n) is 7.29. The van der Waals surface area contributed by atoms with Gasteiger partial charge in [0.05, 0.1) is 16.4 Å². The van der Waals surface area contributed by atoms with Gasteiger partial charge in [-0.2, -0.15) is 5.10 Å². The molecule has 1 aromatic carbocycles. The molecule has 0 radical (unpaired) electrons. The van der Waals surface area contributed by atoms with E-state index in [9.17, 15) is 0 Å². The molecule has 2 rings (SSSR count). The number of hydrogen-bond acceptors (Lipinski definition) is 3. The minimum atomic E-state index is -0.0704. The molecule has 1 heterocycles. The highest BCUT2D eigenvalue weighted by molar-refractivity contribution is 6.31. The second kappa shape index (κ2) is 6.96. The van der Waals surface area contributed by atoms with Crippen molar-refractivity contribution in [2.75, 3.05) is 0 Å². The molecule has 0 unspecified atom stereocenters. The van der Waals surface area contributed by atoms with Crippen LogP contribution in [-0.2, 0) is 19.6 Å². The van der Waals surface area contributed by atoms with Crippen LogP contribution < -0.4 is 10.5 Å². The first-order chi connectivity index (χ1) is 10.1. The van der Waals surface area contributed by atoms with Gasteiger partial charge in [-0.15, -0.1) is 0 Å². The first-order valence-corrected chi connectivity index (χ1v) is 7.67. The first kappa shape index (κ1) is 15.9. The Morgan fingerprint density at radius 2 is 2.05 bits per heavy atom. The van der Waals surface area contributed by atoms with Gasteiger partial charge in [0.15, 0.2) is 0 Å². The van der Waals surface area contributed by atoms with Gasteiger partial charge in [-0.1, -0.05) is 36.7 Å². The molecule has 2 aromatic rings. The Bertz CT molecular complexity index is 608. The third kappa shape index (κ3) is 3.39. The second-order valence-electron chi connectivity index (χ2n) is 4.99. The lowest BCUT2D eigenvalue weighted by molar-refractivity contribution is 0.288. The van der Waals surface area contributed by atoms with Crippen LogP contribution in [-0.4, -0.2) is 9.78 Å². The monoisotopic (exact) mass is 307 g/mol. The molecule has 0 aliphatic carbocycles. The van der Waals surface area contributed by atoms with Crippen LogP contribution in [0, 0.1) is 0 Å². The smallest absolute Gasteiger partial charge is 0.131 e. The van der Waals surface area contributed by atoms with E-state index in [1.807, 2.05) is 49.7 Å². The highest BCUT2D eigenvalue weighted by Crippen LogP contribution is 2.27. The van der Waals surface area contributed by atoms with E-state index in [0.29, 0.717) is 11.6 Å². The van der Waals surface area contributed by atoms with Crippen molar-refractivity contribution in [3.8, 4) is 5.75 Å². The SMILES string of the molecule is CCc1nn(CC)c(COc2ccccc2[C@@H](C)N)c1Cl. The molecule has 21 heavy (non-hydrogen) atoms. The Hall–Kier alpha value is -1.52. The normalized spacial score (nSPS) is 12.4. The van der Waals surface area contributed by atoms with Crippen LogP contribution in [0.15, 0.2) is 24.3 Å². The molecule has 0 amide bonds. The summed E-state index contributed by atoms with van der Waals surface area (Å²) in [5.74, 6) is 0.797. The van der Waals surface area contributed by atoms with E-state index in [2.05, 4.69) is 5.10 Å². The summed E-state index contributed by atoms with van der Waals surface area (Å²) in [6.07, 6.45) is 0.815. The number of aromatic nitrogens is 2. The fraction of sp³-hybridized carbons (Fsp3) is 0.438. The summed E-state index contributed by atoms with van der Waals surface area (Å²) in [5.41, 5.74) is 8.79. The molecule has 0 saturated carbocycles. The van der Waals surface area contributed by atoms with E-state index in [1.165, 1.54) is 0 Å². The molecule has 0 bridgehead atoms. The van der Waals surface area contributed by atoms with E-state index in [4.69, 9.17) is 22.1 Å². The van der Waals surface area contributed by atoms with E-state index < -0.39 is 0 Å². The molecule has 0 saturated heterocycles. The largest absolute Gasteiger partial charge is 0.487 e. The van der Waals surface area contributed by atoms with Crippen LogP contribution in [0.3, 0.4) is 0 Å². The highest BCUT2D eigenvalue weighted by atomic mass is 35.5. The van der Waals surface area contributed by atoms with Gasteiger partial charge in [0, 0.05) is 18.2 Å². The van der Waals surface area contributed by atoms with Crippen LogP contribution in [0.4, 0.5) is 0 Å². The highest BCUT2D eigenvalue weighted by Gasteiger charge is 2.15. The molecule has 0 aliphatic heterocycles. The van der Waals surface area contributed by atoms with Gasteiger partial charge in [0.2, 0.25) is 0 Å². The van der Waals surface area contributed by atoms with Crippen molar-refractivity contribution < 1.29 is 4.74 Å². The molecule has 2 N–H and O–H groups in total. The Balaban J connectivity index is 2.23. The minimum Gasteiger partial charge on any atom is -0.487 e. The summed E-state index contributed by atoms with van der Waals surface area (Å²) in [4.78, 5) is 0. The van der Waals surface area contributed by atoms with E-state index in [-0.39, 0.29) is 6.04 Å². The van der Waals surface area contributed by atoms with Crippen LogP contribution in [0.5, 0.6) is 5.75 Å². The van der Waals surface area contributed by atoms with Gasteiger partial charge in [0.1, 0.15) is 12.4 Å². The van der Waals surface area contributed by atoms with Gasteiger partial charge < -0.3 is 10.5 Å². The van der Waals surface area contributed by atoms with Gasteiger partial charge in [0.25, 0.3) is 0 Å². The third-order valence-electron chi connectivity index (χ3n) is 3.47. The molecule has 0 spiro atoms. The lowest BCUT2D eigenvalue weighted by atomic mass is 10.1. The summed E-state index contributed by atoms with van der Waals surface area (Å²) >= 11 is 6.39. The zero-order valence-electron chi connectivity index (χ0n) is 12.8. The third-order valence-corrected chi connectivity index (χ3v) is 3.90. The van der Waals surface area contributed by atoms with Crippen molar-refractivity contribution in [2.24, 2.45) is 5.73 Å². The second-order valence-corrected chi connectivity index (χ2v) is 5.37. The van der Waals surface area contributed by atoms with Crippen molar-refractivity contribution in [1.82, 2.24) is 9.78 Å². The van der Waals surface area contributed by atoms with Crippen LogP contribution in [0.2, 0.25) is 5.02 Å². The lowest BCUT2D eigenvalue weighted by Crippen LogP contribution is -2.10. The number of hydrogen-bond donors (Lipinski definition) is 1. The van der Waals surface area contributed by atoms with Crippen LogP contribution in [0.25, 0.3) is 0 Å². The van der Waals surface area contributed by atoms with E-state index in [0.717, 1.165) is 35.7 Å². The standard InChI is InChI=1S/C16H22ClN3O/c1-4-13-16(17)14(20(5-2)19-13)10-21-15-9-7-6-8-12(15)11(3)18/h6-9,11H,4-5,10,18H2,1-3H3/t11-/m1/s1. The number of halogens is 1. The Labute approximate surface area is 130 Å². The van der Waals surface area contributed by atoms with Gasteiger partial charge in [-0.25, -0.2) is 0 Å². The number of ether oxygens (including phenoxy) is 1. The summed E-state index contributed by atoms with van der Waals surface area (Å²) in [5, 5.41) is 5.20. The zero-order valence-corrected chi connectivity index (χ0v) is 13.5. The molecule has 5 heteroatoms. The topological polar surface area (TPSA) is 53.1 Å². The van der Waals surface area contributed by atoms with Crippen molar-refractivity contribution >= 4 is 11.6 Å². The predicted octanol–water partition coefficient (Wildman–Crippen LogP) is 3.72. The average Bonchev–Trinajstić information content (AvgIpc) is 2.80. The Kier molecular flexibility index (Phi) is 5.26. The summed E-state index contributed by atoms with van der Waals surface area (Å²) in [7, 11) is 0. The van der Waals surface area contributed by atoms with E-state index in [1.54, 1.807) is 0 Å². The van der Waals surface area contributed by atoms with Gasteiger partial charge in [-0.05, 0) is 26.3 Å². The van der Waals surface area contributed by atoms with Gasteiger partial charge >= 0.3 is 0 Å². The lowest BCUT2D eigenvalue weighted by Gasteiger charge is -2.14. The molecule has 0 aliphatic rings. The van der Waals surface area contributed by atoms with E-state index >= 15 is 0 Å². The van der Waals surface area contributed by atoms with Crippen molar-refractivity contribution in [3.05, 3.63) is 46.2 Å². The maximum absolute atomic E-state index is 6.39. The Morgan fingerprint density at radius 1 is 1.33 bits per heavy atom. The summed E-state index contributed by atoms with van der Waals surface area (Å²) in [6, 6.07) is 7.75. The van der Waals surface area contributed by atoms with Crippen LogP contribution in [0.1, 0.15) is 43.8 Å². The number of nitrogens with zero attached hydrogens (tertiary/aromatic N) is 2. The fourth-order valence-corrected chi connectivity index (χ4v) is 2.61. The maximum Gasteiger partial charge on any atom is 0.131 e. The summed E-state index contributed by atoms with van der Waals surface area (Å²) in [6.45, 7) is 7.20. The number of rotatable bonds is 6. The summed E-state index contributed by atoms with van der Waals surface area (Å²) < 4.78 is 7.84. The molecule has 1 aromatic heterocycles. The average molecular weight is 308 g/mol. The zero-order chi connectivity index (χ0) is 15.4. The number of aryl methyl sites for hydroxylation is 2. The fourth-order valence-electron chi connectivity index (χ4n) is 2.29. The minimum absolute atomic E-state index is 0.0704. The molecular weight excluding hydrogens is 286 g/mol. The number of para-hydroxylation sites is 1. The van der Waals surface area contributed by atoms with Crippen LogP contribution >= 0.6 is 11.6 Å². The van der Waals surface area contributed by atoms with Crippen molar-refractivity contribution in [1.29, 1.82) is 0 Å². The molecular formula is C16H22ClN3O. The van der Waals surface area contributed by atoms with Crippen molar-refractivity contribution in [3.63, 3.8) is 0 Å². The molecule has 114 valence electrons. The molecule has 4 nitrogen and oxygen atoms in total.